The van der Waals surface area contributed by atoms with Gasteiger partial charge in [-0.3, -0.25) is 4.79 Å². The van der Waals surface area contributed by atoms with Gasteiger partial charge >= 0.3 is 13.1 Å². The molecule has 1 aliphatic carbocycles. The van der Waals surface area contributed by atoms with E-state index in [0.717, 1.165) is 6.42 Å². The first-order valence-corrected chi connectivity index (χ1v) is 7.47. The molecule has 20 heavy (non-hydrogen) atoms. The van der Waals surface area contributed by atoms with Crippen LogP contribution in [0.5, 0.6) is 0 Å². The summed E-state index contributed by atoms with van der Waals surface area (Å²) < 4.78 is 17.4. The van der Waals surface area contributed by atoms with Crippen LogP contribution in [0.2, 0.25) is 5.82 Å². The van der Waals surface area contributed by atoms with Crippen LogP contribution >= 0.6 is 0 Å². The van der Waals surface area contributed by atoms with Crippen molar-refractivity contribution >= 4 is 13.1 Å². The highest BCUT2D eigenvalue weighted by atomic mass is 16.7. The number of ether oxygens (including phenoxy) is 1. The van der Waals surface area contributed by atoms with Crippen molar-refractivity contribution in [2.75, 3.05) is 6.61 Å². The number of esters is 1. The molecule has 114 valence electrons. The molecule has 1 heterocycles. The summed E-state index contributed by atoms with van der Waals surface area (Å²) in [5, 5.41) is 0. The van der Waals surface area contributed by atoms with Crippen LogP contribution in [0, 0.1) is 11.3 Å². The third-order valence-corrected chi connectivity index (χ3v) is 4.64. The monoisotopic (exact) mass is 282 g/mol. The van der Waals surface area contributed by atoms with E-state index in [2.05, 4.69) is 27.7 Å². The van der Waals surface area contributed by atoms with E-state index in [1.807, 2.05) is 20.8 Å². The zero-order chi connectivity index (χ0) is 15.3. The average molecular weight is 282 g/mol. The molecule has 0 amide bonds. The molecule has 1 aliphatic heterocycles. The fourth-order valence-electron chi connectivity index (χ4n) is 2.26. The van der Waals surface area contributed by atoms with E-state index in [0.29, 0.717) is 18.3 Å². The minimum absolute atomic E-state index is 0.142. The van der Waals surface area contributed by atoms with E-state index in [-0.39, 0.29) is 24.3 Å². The summed E-state index contributed by atoms with van der Waals surface area (Å²) in [6.07, 6.45) is 1.01. The molecular formula is C15H27BO4. The number of hydrogen-bond donors (Lipinski definition) is 0. The predicted molar refractivity (Wildman–Crippen MR) is 78.4 cm³/mol. The molecular weight excluding hydrogens is 255 g/mol. The highest BCUT2D eigenvalue weighted by Crippen LogP contribution is 2.53. The van der Waals surface area contributed by atoms with Crippen LogP contribution in [0.1, 0.15) is 54.9 Å². The number of carbonyl (C=O) groups is 1. The van der Waals surface area contributed by atoms with Gasteiger partial charge in [-0.15, -0.1) is 0 Å². The molecule has 2 aliphatic rings. The van der Waals surface area contributed by atoms with Crippen LogP contribution in [-0.4, -0.2) is 30.9 Å². The van der Waals surface area contributed by atoms with E-state index >= 15 is 0 Å². The highest BCUT2D eigenvalue weighted by Gasteiger charge is 2.59. The molecule has 0 aromatic heterocycles. The molecule has 2 atom stereocenters. The van der Waals surface area contributed by atoms with Crippen LogP contribution in [0.15, 0.2) is 0 Å². The fraction of sp³-hybridized carbons (Fsp3) is 0.933. The second-order valence-electron chi connectivity index (χ2n) is 8.13. The van der Waals surface area contributed by atoms with E-state index in [9.17, 15) is 4.79 Å². The molecule has 0 aromatic rings. The number of rotatable bonds is 3. The maximum atomic E-state index is 11.7. The molecule has 0 unspecified atom stereocenters. The highest BCUT2D eigenvalue weighted by molar-refractivity contribution is 6.48. The van der Waals surface area contributed by atoms with Gasteiger partial charge in [0.15, 0.2) is 0 Å². The zero-order valence-electron chi connectivity index (χ0n) is 13.8. The molecule has 1 saturated heterocycles. The van der Waals surface area contributed by atoms with Crippen molar-refractivity contribution in [3.63, 3.8) is 0 Å². The van der Waals surface area contributed by atoms with Gasteiger partial charge in [0.1, 0.15) is 0 Å². The minimum Gasteiger partial charge on any atom is -0.465 e. The first-order chi connectivity index (χ1) is 8.94. The summed E-state index contributed by atoms with van der Waals surface area (Å²) in [6.45, 7) is 14.3. The summed E-state index contributed by atoms with van der Waals surface area (Å²) in [4.78, 5) is 11.7. The molecule has 0 aromatic carbocycles. The van der Waals surface area contributed by atoms with E-state index < -0.39 is 5.41 Å². The van der Waals surface area contributed by atoms with Gasteiger partial charge in [0, 0.05) is 5.82 Å². The summed E-state index contributed by atoms with van der Waals surface area (Å²) in [5.41, 5.74) is -1.01. The Morgan fingerprint density at radius 1 is 1.20 bits per heavy atom. The summed E-state index contributed by atoms with van der Waals surface area (Å²) >= 11 is 0. The van der Waals surface area contributed by atoms with E-state index in [1.54, 1.807) is 0 Å². The lowest BCUT2D eigenvalue weighted by Crippen LogP contribution is -2.41. The van der Waals surface area contributed by atoms with Crippen LogP contribution in [0.3, 0.4) is 0 Å². The van der Waals surface area contributed by atoms with Gasteiger partial charge in [-0.05, 0) is 60.8 Å². The lowest BCUT2D eigenvalue weighted by atomic mass is 9.81. The van der Waals surface area contributed by atoms with Crippen molar-refractivity contribution in [2.24, 2.45) is 11.3 Å². The van der Waals surface area contributed by atoms with Gasteiger partial charge in [-0.25, -0.2) is 0 Å². The van der Waals surface area contributed by atoms with Crippen LogP contribution in [0.4, 0.5) is 0 Å². The Balaban J connectivity index is 1.81. The second-order valence-corrected chi connectivity index (χ2v) is 8.13. The predicted octanol–water partition coefficient (Wildman–Crippen LogP) is 3.06. The molecule has 0 radical (unpaired) electrons. The van der Waals surface area contributed by atoms with Gasteiger partial charge in [-0.2, -0.15) is 0 Å². The Morgan fingerprint density at radius 3 is 2.15 bits per heavy atom. The largest absolute Gasteiger partial charge is 0.465 e. The molecule has 2 fully saturated rings. The van der Waals surface area contributed by atoms with Gasteiger partial charge in [0.25, 0.3) is 0 Å². The molecule has 5 heteroatoms. The van der Waals surface area contributed by atoms with Crippen molar-refractivity contribution in [3.05, 3.63) is 0 Å². The van der Waals surface area contributed by atoms with Crippen molar-refractivity contribution in [1.82, 2.24) is 0 Å². The van der Waals surface area contributed by atoms with Crippen LogP contribution in [0.25, 0.3) is 0 Å². The van der Waals surface area contributed by atoms with Crippen LogP contribution in [-0.2, 0) is 18.8 Å². The molecule has 0 bridgehead atoms. The van der Waals surface area contributed by atoms with Crippen molar-refractivity contribution in [1.29, 1.82) is 0 Å². The average Bonchev–Trinajstić information content (AvgIpc) is 2.97. The SMILES string of the molecule is CC(C)(C)C(=O)OC[C@H]1C[C@@H]1B1OC(C)(C)C(C)(C)O1. The molecule has 0 spiro atoms. The fourth-order valence-corrected chi connectivity index (χ4v) is 2.26. The molecule has 0 N–H and O–H groups in total. The van der Waals surface area contributed by atoms with Gasteiger partial charge in [0.2, 0.25) is 0 Å². The number of carbonyl (C=O) groups excluding carboxylic acids is 1. The standard InChI is InChI=1S/C15H27BO4/c1-13(2,3)12(17)18-9-10-8-11(10)16-19-14(4,5)15(6,7)20-16/h10-11H,8-9H2,1-7H3/t10-,11+/m1/s1. The Morgan fingerprint density at radius 2 is 1.70 bits per heavy atom. The Labute approximate surface area is 122 Å². The van der Waals surface area contributed by atoms with E-state index in [4.69, 9.17) is 14.0 Å². The maximum absolute atomic E-state index is 11.7. The normalized spacial score (nSPS) is 31.2. The number of hydrogen-bond acceptors (Lipinski definition) is 4. The Hall–Kier alpha value is -0.545. The molecule has 4 nitrogen and oxygen atoms in total. The van der Waals surface area contributed by atoms with Crippen LogP contribution < -0.4 is 0 Å². The summed E-state index contributed by atoms with van der Waals surface area (Å²) in [5.74, 6) is 0.580. The lowest BCUT2D eigenvalue weighted by Gasteiger charge is -2.32. The third-order valence-electron chi connectivity index (χ3n) is 4.64. The molecule has 2 rings (SSSR count). The van der Waals surface area contributed by atoms with Gasteiger partial charge in [0.05, 0.1) is 23.2 Å². The maximum Gasteiger partial charge on any atom is 0.461 e. The minimum atomic E-state index is -0.436. The smallest absolute Gasteiger partial charge is 0.461 e. The third kappa shape index (κ3) is 3.04. The first-order valence-electron chi connectivity index (χ1n) is 7.47. The topological polar surface area (TPSA) is 44.8 Å². The van der Waals surface area contributed by atoms with Gasteiger partial charge < -0.3 is 14.0 Å². The van der Waals surface area contributed by atoms with Crippen molar-refractivity contribution < 1.29 is 18.8 Å². The van der Waals surface area contributed by atoms with Crippen molar-refractivity contribution in [3.8, 4) is 0 Å². The summed E-state index contributed by atoms with van der Waals surface area (Å²) in [7, 11) is -0.168. The molecule has 1 saturated carbocycles. The zero-order valence-corrected chi connectivity index (χ0v) is 13.8. The van der Waals surface area contributed by atoms with Crippen molar-refractivity contribution in [2.45, 2.75) is 71.9 Å². The van der Waals surface area contributed by atoms with Gasteiger partial charge in [-0.1, -0.05) is 0 Å². The lowest BCUT2D eigenvalue weighted by molar-refractivity contribution is -0.153. The quantitative estimate of drug-likeness (QED) is 0.589. The second kappa shape index (κ2) is 4.74. The first kappa shape index (κ1) is 15.8. The van der Waals surface area contributed by atoms with E-state index in [1.165, 1.54) is 0 Å². The Kier molecular flexibility index (Phi) is 3.75. The summed E-state index contributed by atoms with van der Waals surface area (Å²) in [6, 6.07) is 0. The Bertz CT molecular complexity index is 381.